The lowest BCUT2D eigenvalue weighted by atomic mass is 10.1. The third kappa shape index (κ3) is 5.11. The molecule has 0 aliphatic rings. The van der Waals surface area contributed by atoms with Crippen LogP contribution in [0.1, 0.15) is 51.9 Å². The van der Waals surface area contributed by atoms with Crippen LogP contribution in [0.5, 0.6) is 0 Å². The standard InChI is InChI=1S/C13H23N/c1-2-3-4-5-6-7-8-11-14-12-9-10-13-14/h9-10,12-13H,2-8,11H2,1H3. The Morgan fingerprint density at radius 3 is 2.00 bits per heavy atom. The van der Waals surface area contributed by atoms with Crippen LogP contribution in [0.4, 0.5) is 0 Å². The maximum absolute atomic E-state index is 2.27. The minimum absolute atomic E-state index is 1.20. The van der Waals surface area contributed by atoms with E-state index in [9.17, 15) is 0 Å². The summed E-state index contributed by atoms with van der Waals surface area (Å²) in [7, 11) is 0. The van der Waals surface area contributed by atoms with Crippen molar-refractivity contribution in [3.63, 3.8) is 0 Å². The lowest BCUT2D eigenvalue weighted by Crippen LogP contribution is -1.93. The summed E-state index contributed by atoms with van der Waals surface area (Å²) in [5.41, 5.74) is 0. The first-order valence-corrected chi connectivity index (χ1v) is 6.04. The van der Waals surface area contributed by atoms with Gasteiger partial charge in [-0.1, -0.05) is 45.4 Å². The second kappa shape index (κ2) is 7.66. The topological polar surface area (TPSA) is 4.93 Å². The zero-order chi connectivity index (χ0) is 10.1. The van der Waals surface area contributed by atoms with Crippen LogP contribution in [-0.4, -0.2) is 4.57 Å². The number of unbranched alkanes of at least 4 members (excludes halogenated alkanes) is 6. The predicted octanol–water partition coefficient (Wildman–Crippen LogP) is 4.24. The van der Waals surface area contributed by atoms with Crippen molar-refractivity contribution in [3.05, 3.63) is 24.5 Å². The first-order chi connectivity index (χ1) is 6.93. The zero-order valence-electron chi connectivity index (χ0n) is 9.41. The molecular weight excluding hydrogens is 170 g/mol. The van der Waals surface area contributed by atoms with Gasteiger partial charge in [0.05, 0.1) is 0 Å². The van der Waals surface area contributed by atoms with E-state index in [2.05, 4.69) is 36.0 Å². The van der Waals surface area contributed by atoms with Gasteiger partial charge in [0.25, 0.3) is 0 Å². The molecule has 1 nitrogen and oxygen atoms in total. The second-order valence-electron chi connectivity index (χ2n) is 4.04. The van der Waals surface area contributed by atoms with Gasteiger partial charge in [-0.05, 0) is 18.6 Å². The highest BCUT2D eigenvalue weighted by atomic mass is 14.9. The molecule has 1 heterocycles. The fourth-order valence-electron chi connectivity index (χ4n) is 1.77. The van der Waals surface area contributed by atoms with E-state index in [-0.39, 0.29) is 0 Å². The first kappa shape index (κ1) is 11.4. The van der Waals surface area contributed by atoms with Crippen LogP contribution < -0.4 is 0 Å². The van der Waals surface area contributed by atoms with Crippen molar-refractivity contribution in [1.82, 2.24) is 4.57 Å². The maximum atomic E-state index is 2.27. The van der Waals surface area contributed by atoms with E-state index in [4.69, 9.17) is 0 Å². The summed E-state index contributed by atoms with van der Waals surface area (Å²) in [4.78, 5) is 0. The Morgan fingerprint density at radius 2 is 1.36 bits per heavy atom. The van der Waals surface area contributed by atoms with E-state index >= 15 is 0 Å². The Balaban J connectivity index is 1.85. The zero-order valence-corrected chi connectivity index (χ0v) is 9.41. The van der Waals surface area contributed by atoms with E-state index < -0.39 is 0 Å². The summed E-state index contributed by atoms with van der Waals surface area (Å²) in [6.45, 7) is 3.47. The monoisotopic (exact) mass is 193 g/mol. The smallest absolute Gasteiger partial charge is 0.0219 e. The van der Waals surface area contributed by atoms with Crippen molar-refractivity contribution < 1.29 is 0 Å². The largest absolute Gasteiger partial charge is 0.354 e. The Hall–Kier alpha value is -0.720. The molecule has 0 radical (unpaired) electrons. The summed E-state index contributed by atoms with van der Waals surface area (Å²) in [6.07, 6.45) is 14.1. The highest BCUT2D eigenvalue weighted by molar-refractivity contribution is 4.89. The van der Waals surface area contributed by atoms with Crippen molar-refractivity contribution in [2.45, 2.75) is 58.4 Å². The molecule has 0 N–H and O–H groups in total. The molecule has 0 spiro atoms. The highest BCUT2D eigenvalue weighted by Gasteiger charge is 1.91. The molecule has 1 rings (SSSR count). The molecule has 0 amide bonds. The lowest BCUT2D eigenvalue weighted by Gasteiger charge is -2.02. The normalized spacial score (nSPS) is 10.6. The fraction of sp³-hybridized carbons (Fsp3) is 0.692. The number of aromatic nitrogens is 1. The Morgan fingerprint density at radius 1 is 0.786 bits per heavy atom. The van der Waals surface area contributed by atoms with Crippen LogP contribution in [0.15, 0.2) is 24.5 Å². The quantitative estimate of drug-likeness (QED) is 0.544. The molecule has 0 saturated carbocycles. The summed E-state index contributed by atoms with van der Waals surface area (Å²) in [5, 5.41) is 0. The van der Waals surface area contributed by atoms with E-state index in [0.717, 1.165) is 0 Å². The molecule has 0 aliphatic heterocycles. The number of rotatable bonds is 8. The van der Waals surface area contributed by atoms with E-state index in [1.54, 1.807) is 0 Å². The summed E-state index contributed by atoms with van der Waals surface area (Å²) in [6, 6.07) is 4.20. The molecule has 0 atom stereocenters. The third-order valence-electron chi connectivity index (χ3n) is 2.69. The molecule has 0 aromatic carbocycles. The molecule has 0 aliphatic carbocycles. The number of nitrogens with zero attached hydrogens (tertiary/aromatic N) is 1. The molecule has 0 bridgehead atoms. The van der Waals surface area contributed by atoms with Crippen LogP contribution in [0, 0.1) is 0 Å². The van der Waals surface area contributed by atoms with Gasteiger partial charge in [0, 0.05) is 18.9 Å². The molecule has 0 unspecified atom stereocenters. The predicted molar refractivity (Wildman–Crippen MR) is 62.4 cm³/mol. The van der Waals surface area contributed by atoms with E-state index in [1.807, 2.05) is 0 Å². The minimum atomic E-state index is 1.20. The van der Waals surface area contributed by atoms with Crippen molar-refractivity contribution in [2.75, 3.05) is 0 Å². The van der Waals surface area contributed by atoms with Gasteiger partial charge < -0.3 is 4.57 Å². The summed E-state index contributed by atoms with van der Waals surface area (Å²) < 4.78 is 2.27. The average molecular weight is 193 g/mol. The van der Waals surface area contributed by atoms with E-state index in [1.165, 1.54) is 51.5 Å². The van der Waals surface area contributed by atoms with Gasteiger partial charge >= 0.3 is 0 Å². The van der Waals surface area contributed by atoms with Crippen molar-refractivity contribution in [3.8, 4) is 0 Å². The van der Waals surface area contributed by atoms with Crippen LogP contribution in [0.3, 0.4) is 0 Å². The second-order valence-corrected chi connectivity index (χ2v) is 4.04. The Kier molecular flexibility index (Phi) is 6.21. The van der Waals surface area contributed by atoms with Crippen LogP contribution in [-0.2, 0) is 6.54 Å². The third-order valence-corrected chi connectivity index (χ3v) is 2.69. The summed E-state index contributed by atoms with van der Waals surface area (Å²) in [5.74, 6) is 0. The molecule has 1 aromatic heterocycles. The number of hydrogen-bond donors (Lipinski definition) is 0. The molecular formula is C13H23N. The van der Waals surface area contributed by atoms with Gasteiger partial charge in [0.2, 0.25) is 0 Å². The molecule has 0 saturated heterocycles. The van der Waals surface area contributed by atoms with Crippen LogP contribution in [0.2, 0.25) is 0 Å². The van der Waals surface area contributed by atoms with Gasteiger partial charge in [0.1, 0.15) is 0 Å². The van der Waals surface area contributed by atoms with Crippen LogP contribution in [0.25, 0.3) is 0 Å². The molecule has 0 fully saturated rings. The van der Waals surface area contributed by atoms with Gasteiger partial charge in [-0.15, -0.1) is 0 Å². The number of aryl methyl sites for hydroxylation is 1. The van der Waals surface area contributed by atoms with Gasteiger partial charge in [-0.2, -0.15) is 0 Å². The van der Waals surface area contributed by atoms with Crippen molar-refractivity contribution >= 4 is 0 Å². The number of hydrogen-bond acceptors (Lipinski definition) is 0. The molecule has 1 aromatic rings. The Labute approximate surface area is 88.1 Å². The highest BCUT2D eigenvalue weighted by Crippen LogP contribution is 2.07. The van der Waals surface area contributed by atoms with Crippen molar-refractivity contribution in [2.24, 2.45) is 0 Å². The van der Waals surface area contributed by atoms with Crippen molar-refractivity contribution in [1.29, 1.82) is 0 Å². The van der Waals surface area contributed by atoms with Gasteiger partial charge in [-0.25, -0.2) is 0 Å². The Bertz CT molecular complexity index is 201. The molecule has 80 valence electrons. The summed E-state index contributed by atoms with van der Waals surface area (Å²) >= 11 is 0. The first-order valence-electron chi connectivity index (χ1n) is 6.04. The average Bonchev–Trinajstić information content (AvgIpc) is 2.69. The SMILES string of the molecule is CCCCCCCCCn1cccc1. The minimum Gasteiger partial charge on any atom is -0.354 e. The van der Waals surface area contributed by atoms with Gasteiger partial charge in [0.15, 0.2) is 0 Å². The van der Waals surface area contributed by atoms with E-state index in [0.29, 0.717) is 0 Å². The fourth-order valence-corrected chi connectivity index (χ4v) is 1.77. The molecule has 1 heteroatoms. The maximum Gasteiger partial charge on any atom is 0.0219 e. The molecule has 14 heavy (non-hydrogen) atoms. The van der Waals surface area contributed by atoms with Gasteiger partial charge in [-0.3, -0.25) is 0 Å². The lowest BCUT2D eigenvalue weighted by molar-refractivity contribution is 0.551. The van der Waals surface area contributed by atoms with Crippen LogP contribution >= 0.6 is 0 Å².